The lowest BCUT2D eigenvalue weighted by Crippen LogP contribution is -2.10. The van der Waals surface area contributed by atoms with Crippen molar-refractivity contribution in [1.82, 2.24) is 0 Å². The maximum atomic E-state index is 11.4. The van der Waals surface area contributed by atoms with Gasteiger partial charge in [-0.05, 0) is 64.3 Å². The van der Waals surface area contributed by atoms with Gasteiger partial charge in [-0.3, -0.25) is 4.79 Å². The number of Topliss-reactive ketones (excluding diaryl/α,β-unsaturated/α-hetero) is 1. The maximum Gasteiger partial charge on any atom is 0.159 e. The van der Waals surface area contributed by atoms with Crippen LogP contribution in [0.5, 0.6) is 5.75 Å². The number of carbonyl (C=O) groups excluding carboxylic acids is 1. The van der Waals surface area contributed by atoms with Gasteiger partial charge in [0.05, 0.1) is 3.57 Å². The van der Waals surface area contributed by atoms with Crippen LogP contribution in [0.15, 0.2) is 42.5 Å². The van der Waals surface area contributed by atoms with Crippen molar-refractivity contribution in [2.75, 3.05) is 0 Å². The topological polar surface area (TPSA) is 26.3 Å². The van der Waals surface area contributed by atoms with Crippen molar-refractivity contribution >= 4 is 28.4 Å². The Kier molecular flexibility index (Phi) is 5.27. The Morgan fingerprint density at radius 1 is 1.09 bits per heavy atom. The summed E-state index contributed by atoms with van der Waals surface area (Å²) in [6.07, 6.45) is 0. The van der Waals surface area contributed by atoms with Gasteiger partial charge >= 0.3 is 0 Å². The van der Waals surface area contributed by atoms with Gasteiger partial charge in [0.25, 0.3) is 0 Å². The van der Waals surface area contributed by atoms with Gasteiger partial charge in [0, 0.05) is 5.56 Å². The molecule has 0 fully saturated rings. The highest BCUT2D eigenvalue weighted by Gasteiger charge is 2.13. The first kappa shape index (κ1) is 17.0. The maximum absolute atomic E-state index is 11.4. The summed E-state index contributed by atoms with van der Waals surface area (Å²) in [5, 5.41) is 0. The van der Waals surface area contributed by atoms with E-state index in [4.69, 9.17) is 4.74 Å². The second kappa shape index (κ2) is 6.82. The van der Waals surface area contributed by atoms with E-state index in [1.54, 1.807) is 6.92 Å². The van der Waals surface area contributed by atoms with Gasteiger partial charge in [0.15, 0.2) is 5.78 Å². The molecule has 0 aliphatic heterocycles. The summed E-state index contributed by atoms with van der Waals surface area (Å²) in [7, 11) is 0. The van der Waals surface area contributed by atoms with Crippen LogP contribution in [0.25, 0.3) is 0 Å². The SMILES string of the molecule is CC(=O)c1ccc(OCc2ccc(C(C)(C)C)cc2)c(I)c1. The normalized spacial score (nSPS) is 11.3. The number of ether oxygens (including phenoxy) is 1. The summed E-state index contributed by atoms with van der Waals surface area (Å²) in [5.41, 5.74) is 3.33. The number of benzene rings is 2. The van der Waals surface area contributed by atoms with E-state index in [1.807, 2.05) is 18.2 Å². The van der Waals surface area contributed by atoms with Crippen molar-refractivity contribution in [3.63, 3.8) is 0 Å². The van der Waals surface area contributed by atoms with Gasteiger partial charge in [0.1, 0.15) is 12.4 Å². The predicted octanol–water partition coefficient (Wildman–Crippen LogP) is 5.37. The van der Waals surface area contributed by atoms with Crippen LogP contribution in [0.4, 0.5) is 0 Å². The second-order valence-corrected chi connectivity index (χ2v) is 7.60. The van der Waals surface area contributed by atoms with Crippen LogP contribution in [0.3, 0.4) is 0 Å². The van der Waals surface area contributed by atoms with Crippen molar-refractivity contribution in [3.05, 3.63) is 62.7 Å². The predicted molar refractivity (Wildman–Crippen MR) is 98.6 cm³/mol. The summed E-state index contributed by atoms with van der Waals surface area (Å²) in [6, 6.07) is 14.1. The molecule has 3 heteroatoms. The number of carbonyl (C=O) groups is 1. The van der Waals surface area contributed by atoms with Crippen LogP contribution < -0.4 is 4.74 Å². The van der Waals surface area contributed by atoms with Gasteiger partial charge in [-0.25, -0.2) is 0 Å². The third-order valence-electron chi connectivity index (χ3n) is 3.55. The Balaban J connectivity index is 2.05. The Labute approximate surface area is 146 Å². The molecule has 0 bridgehead atoms. The molecular weight excluding hydrogens is 387 g/mol. The Morgan fingerprint density at radius 3 is 2.23 bits per heavy atom. The van der Waals surface area contributed by atoms with E-state index in [0.717, 1.165) is 14.9 Å². The largest absolute Gasteiger partial charge is 0.488 e. The Morgan fingerprint density at radius 2 is 1.73 bits per heavy atom. The fourth-order valence-corrected chi connectivity index (χ4v) is 2.77. The fraction of sp³-hybridized carbons (Fsp3) is 0.316. The molecule has 2 rings (SSSR count). The molecule has 0 spiro atoms. The van der Waals surface area contributed by atoms with Crippen LogP contribution in [0.2, 0.25) is 0 Å². The van der Waals surface area contributed by atoms with Crippen molar-refractivity contribution < 1.29 is 9.53 Å². The summed E-state index contributed by atoms with van der Waals surface area (Å²) in [6.45, 7) is 8.72. The average molecular weight is 408 g/mol. The summed E-state index contributed by atoms with van der Waals surface area (Å²) in [5.74, 6) is 0.882. The second-order valence-electron chi connectivity index (χ2n) is 6.44. The molecule has 116 valence electrons. The van der Waals surface area contributed by atoms with Gasteiger partial charge in [-0.15, -0.1) is 0 Å². The molecule has 0 aliphatic rings. The van der Waals surface area contributed by atoms with Crippen molar-refractivity contribution in [1.29, 1.82) is 0 Å². The molecule has 0 saturated carbocycles. The molecule has 0 saturated heterocycles. The van der Waals surface area contributed by atoms with Gasteiger partial charge < -0.3 is 4.74 Å². The third-order valence-corrected chi connectivity index (χ3v) is 4.40. The van der Waals surface area contributed by atoms with E-state index < -0.39 is 0 Å². The third kappa shape index (κ3) is 4.32. The van der Waals surface area contributed by atoms with Crippen LogP contribution >= 0.6 is 22.6 Å². The molecule has 0 aromatic heterocycles. The van der Waals surface area contributed by atoms with E-state index in [1.165, 1.54) is 5.56 Å². The lowest BCUT2D eigenvalue weighted by molar-refractivity contribution is 0.101. The summed E-state index contributed by atoms with van der Waals surface area (Å²) in [4.78, 5) is 11.4. The quantitative estimate of drug-likeness (QED) is 0.502. The molecule has 2 aromatic rings. The fourth-order valence-electron chi connectivity index (χ4n) is 2.10. The highest BCUT2D eigenvalue weighted by Crippen LogP contribution is 2.25. The minimum atomic E-state index is 0.0715. The lowest BCUT2D eigenvalue weighted by Gasteiger charge is -2.19. The van der Waals surface area contributed by atoms with E-state index in [9.17, 15) is 4.79 Å². The van der Waals surface area contributed by atoms with Crippen molar-refractivity contribution in [2.45, 2.75) is 39.7 Å². The molecule has 0 radical (unpaired) electrons. The zero-order valence-electron chi connectivity index (χ0n) is 13.4. The first-order valence-electron chi connectivity index (χ1n) is 7.30. The molecule has 2 aromatic carbocycles. The molecule has 2 nitrogen and oxygen atoms in total. The van der Waals surface area contributed by atoms with Crippen molar-refractivity contribution in [2.24, 2.45) is 0 Å². The summed E-state index contributed by atoms with van der Waals surface area (Å²) < 4.78 is 6.82. The van der Waals surface area contributed by atoms with Gasteiger partial charge in [-0.1, -0.05) is 45.0 Å². The summed E-state index contributed by atoms with van der Waals surface area (Å²) >= 11 is 2.20. The van der Waals surface area contributed by atoms with E-state index >= 15 is 0 Å². The average Bonchev–Trinajstić information content (AvgIpc) is 2.45. The molecule has 0 aliphatic carbocycles. The standard InChI is InChI=1S/C19H21IO2/c1-13(21)15-7-10-18(17(20)11-15)22-12-14-5-8-16(9-6-14)19(2,3)4/h5-11H,12H2,1-4H3. The van der Waals surface area contributed by atoms with Crippen LogP contribution in [0, 0.1) is 3.57 Å². The zero-order chi connectivity index (χ0) is 16.3. The Bertz CT molecular complexity index is 667. The number of ketones is 1. The molecule has 0 unspecified atom stereocenters. The first-order chi connectivity index (χ1) is 10.3. The minimum absolute atomic E-state index is 0.0715. The molecule has 0 amide bonds. The molecular formula is C19H21IO2. The van der Waals surface area contributed by atoms with Crippen LogP contribution in [-0.4, -0.2) is 5.78 Å². The number of rotatable bonds is 4. The highest BCUT2D eigenvalue weighted by molar-refractivity contribution is 14.1. The van der Waals surface area contributed by atoms with Crippen molar-refractivity contribution in [3.8, 4) is 5.75 Å². The van der Waals surface area contributed by atoms with E-state index in [2.05, 4.69) is 67.6 Å². The van der Waals surface area contributed by atoms with Gasteiger partial charge in [-0.2, -0.15) is 0 Å². The Hall–Kier alpha value is -1.36. The number of hydrogen-bond acceptors (Lipinski definition) is 2. The number of halogens is 1. The zero-order valence-corrected chi connectivity index (χ0v) is 15.6. The molecule has 0 heterocycles. The monoisotopic (exact) mass is 408 g/mol. The van der Waals surface area contributed by atoms with Crippen LogP contribution in [-0.2, 0) is 12.0 Å². The first-order valence-corrected chi connectivity index (χ1v) is 8.38. The lowest BCUT2D eigenvalue weighted by atomic mass is 9.87. The molecule has 0 N–H and O–H groups in total. The minimum Gasteiger partial charge on any atom is -0.488 e. The highest BCUT2D eigenvalue weighted by atomic mass is 127. The van der Waals surface area contributed by atoms with E-state index in [0.29, 0.717) is 12.2 Å². The van der Waals surface area contributed by atoms with Gasteiger partial charge in [0.2, 0.25) is 0 Å². The molecule has 0 atom stereocenters. The van der Waals surface area contributed by atoms with E-state index in [-0.39, 0.29) is 11.2 Å². The van der Waals surface area contributed by atoms with Crippen LogP contribution in [0.1, 0.15) is 49.2 Å². The smallest absolute Gasteiger partial charge is 0.159 e. The number of hydrogen-bond donors (Lipinski definition) is 0. The molecule has 22 heavy (non-hydrogen) atoms.